The van der Waals surface area contributed by atoms with Crippen molar-refractivity contribution in [2.24, 2.45) is 0 Å². The molecule has 1 amide bonds. The predicted octanol–water partition coefficient (Wildman–Crippen LogP) is 3.84. The Kier molecular flexibility index (Phi) is 5.17. The van der Waals surface area contributed by atoms with E-state index in [4.69, 9.17) is 4.74 Å². The highest BCUT2D eigenvalue weighted by molar-refractivity contribution is 5.96. The van der Waals surface area contributed by atoms with Gasteiger partial charge in [-0.15, -0.1) is 0 Å². The molecule has 0 aliphatic carbocycles. The molecule has 0 bridgehead atoms. The van der Waals surface area contributed by atoms with E-state index in [0.717, 1.165) is 30.4 Å². The summed E-state index contributed by atoms with van der Waals surface area (Å²) in [4.78, 5) is 27.8. The van der Waals surface area contributed by atoms with Gasteiger partial charge in [-0.25, -0.2) is 4.39 Å². The number of nitrogens with zero attached hydrogens (tertiary/aromatic N) is 3. The predicted molar refractivity (Wildman–Crippen MR) is 119 cm³/mol. The molecule has 1 fully saturated rings. The number of carbonyl (C=O) groups is 1. The smallest absolute Gasteiger partial charge is 0.277 e. The molecule has 6 nitrogen and oxygen atoms in total. The molecule has 0 spiro atoms. The van der Waals surface area contributed by atoms with Crippen LogP contribution in [-0.2, 0) is 6.61 Å². The van der Waals surface area contributed by atoms with Crippen LogP contribution < -0.4 is 15.2 Å². The van der Waals surface area contributed by atoms with Crippen LogP contribution in [0.4, 0.5) is 4.39 Å². The van der Waals surface area contributed by atoms with Gasteiger partial charge < -0.3 is 9.64 Å². The molecule has 2 aliphatic heterocycles. The third-order valence-corrected chi connectivity index (χ3v) is 6.30. The van der Waals surface area contributed by atoms with Crippen molar-refractivity contribution in [1.29, 1.82) is 0 Å². The summed E-state index contributed by atoms with van der Waals surface area (Å²) in [5.41, 5.74) is 1.77. The molecule has 7 heteroatoms. The number of piperidine rings is 1. The summed E-state index contributed by atoms with van der Waals surface area (Å²) in [6.07, 6.45) is 4.09. The molecule has 2 aromatic carbocycles. The number of aromatic nitrogens is 1. The van der Waals surface area contributed by atoms with Crippen molar-refractivity contribution < 1.29 is 13.9 Å². The third-order valence-electron chi connectivity index (χ3n) is 6.30. The maximum atomic E-state index is 13.5. The fraction of sp³-hybridized carbons (Fsp3) is 0.280. The SMILES string of the molecule is CN1C(=O)c2c(OCc3ccccc3)c(=O)ccn2N2C(c3ccc(F)cc3)CCCC12. The zero-order chi connectivity index (χ0) is 22.2. The molecule has 2 atom stereocenters. The van der Waals surface area contributed by atoms with Crippen LogP contribution in [0.1, 0.15) is 46.9 Å². The van der Waals surface area contributed by atoms with Gasteiger partial charge in [-0.2, -0.15) is 0 Å². The minimum absolute atomic E-state index is 0.0510. The Morgan fingerprint density at radius 3 is 2.50 bits per heavy atom. The molecule has 0 N–H and O–H groups in total. The van der Waals surface area contributed by atoms with Gasteiger partial charge in [0.2, 0.25) is 5.43 Å². The van der Waals surface area contributed by atoms with Crippen LogP contribution in [0.5, 0.6) is 5.75 Å². The van der Waals surface area contributed by atoms with Crippen LogP contribution in [0.15, 0.2) is 71.7 Å². The lowest BCUT2D eigenvalue weighted by atomic mass is 9.93. The number of hydrogen-bond acceptors (Lipinski definition) is 4. The molecule has 0 radical (unpaired) electrons. The summed E-state index contributed by atoms with van der Waals surface area (Å²) in [5.74, 6) is -0.477. The van der Waals surface area contributed by atoms with Crippen LogP contribution in [0.2, 0.25) is 0 Å². The number of benzene rings is 2. The van der Waals surface area contributed by atoms with Gasteiger partial charge in [-0.3, -0.25) is 19.3 Å². The summed E-state index contributed by atoms with van der Waals surface area (Å²) in [5, 5.41) is 2.11. The summed E-state index contributed by atoms with van der Waals surface area (Å²) in [6, 6.07) is 17.4. The van der Waals surface area contributed by atoms with Crippen molar-refractivity contribution in [3.63, 3.8) is 0 Å². The van der Waals surface area contributed by atoms with Gasteiger partial charge in [0.05, 0.1) is 6.04 Å². The first-order chi connectivity index (χ1) is 15.5. The van der Waals surface area contributed by atoms with Crippen molar-refractivity contribution in [2.75, 3.05) is 12.1 Å². The quantitative estimate of drug-likeness (QED) is 0.627. The number of rotatable bonds is 4. The average molecular weight is 433 g/mol. The van der Waals surface area contributed by atoms with E-state index in [9.17, 15) is 14.0 Å². The highest BCUT2D eigenvalue weighted by atomic mass is 19.1. The lowest BCUT2D eigenvalue weighted by molar-refractivity contribution is 0.0549. The molecule has 0 saturated carbocycles. The summed E-state index contributed by atoms with van der Waals surface area (Å²) >= 11 is 0. The molecule has 3 heterocycles. The number of pyridine rings is 1. The van der Waals surface area contributed by atoms with Crippen LogP contribution in [-0.4, -0.2) is 28.7 Å². The lowest BCUT2D eigenvalue weighted by Gasteiger charge is -2.51. The van der Waals surface area contributed by atoms with Gasteiger partial charge in [0.25, 0.3) is 5.91 Å². The van der Waals surface area contributed by atoms with E-state index < -0.39 is 0 Å². The lowest BCUT2D eigenvalue weighted by Crippen LogP contribution is -2.62. The molecule has 2 aliphatic rings. The fourth-order valence-electron chi connectivity index (χ4n) is 4.70. The zero-order valence-electron chi connectivity index (χ0n) is 17.8. The molecular formula is C25H24FN3O3. The molecule has 164 valence electrons. The highest BCUT2D eigenvalue weighted by Gasteiger charge is 2.43. The molecule has 1 aromatic heterocycles. The maximum absolute atomic E-state index is 13.5. The first kappa shape index (κ1) is 20.3. The van der Waals surface area contributed by atoms with Crippen LogP contribution in [0.3, 0.4) is 0 Å². The number of ether oxygens (including phenoxy) is 1. The van der Waals surface area contributed by atoms with E-state index in [1.807, 2.05) is 30.3 Å². The Labute approximate surface area is 185 Å². The van der Waals surface area contributed by atoms with Gasteiger partial charge >= 0.3 is 0 Å². The van der Waals surface area contributed by atoms with E-state index in [1.54, 1.807) is 35.0 Å². The van der Waals surface area contributed by atoms with Crippen molar-refractivity contribution in [1.82, 2.24) is 9.58 Å². The second-order valence-electron chi connectivity index (χ2n) is 8.25. The van der Waals surface area contributed by atoms with Gasteiger partial charge in [0.15, 0.2) is 11.4 Å². The molecule has 3 aromatic rings. The molecule has 2 unspecified atom stereocenters. The van der Waals surface area contributed by atoms with Gasteiger partial charge in [0.1, 0.15) is 18.6 Å². The first-order valence-electron chi connectivity index (χ1n) is 10.8. The molecule has 1 saturated heterocycles. The van der Waals surface area contributed by atoms with Crippen molar-refractivity contribution in [3.8, 4) is 5.75 Å². The highest BCUT2D eigenvalue weighted by Crippen LogP contribution is 2.38. The summed E-state index contributed by atoms with van der Waals surface area (Å²) in [7, 11) is 1.76. The van der Waals surface area contributed by atoms with Crippen LogP contribution in [0.25, 0.3) is 0 Å². The molecule has 32 heavy (non-hydrogen) atoms. The Bertz CT molecular complexity index is 1190. The van der Waals surface area contributed by atoms with Crippen LogP contribution in [0, 0.1) is 5.82 Å². The van der Waals surface area contributed by atoms with Crippen molar-refractivity contribution in [2.45, 2.75) is 38.1 Å². The Morgan fingerprint density at radius 2 is 1.75 bits per heavy atom. The second kappa shape index (κ2) is 8.15. The molecule has 5 rings (SSSR count). The van der Waals surface area contributed by atoms with Crippen LogP contribution >= 0.6 is 0 Å². The zero-order valence-corrected chi connectivity index (χ0v) is 17.8. The minimum Gasteiger partial charge on any atom is -0.482 e. The van der Waals surface area contributed by atoms with Gasteiger partial charge in [-0.1, -0.05) is 42.5 Å². The first-order valence-corrected chi connectivity index (χ1v) is 10.8. The summed E-state index contributed by atoms with van der Waals surface area (Å²) in [6.45, 7) is 0.189. The van der Waals surface area contributed by atoms with Crippen molar-refractivity contribution in [3.05, 3.63) is 99.7 Å². The minimum atomic E-state index is -0.331. The second-order valence-corrected chi connectivity index (χ2v) is 8.25. The maximum Gasteiger partial charge on any atom is 0.277 e. The van der Waals surface area contributed by atoms with Crippen molar-refractivity contribution >= 4 is 5.91 Å². The fourth-order valence-corrected chi connectivity index (χ4v) is 4.70. The van der Waals surface area contributed by atoms with E-state index in [-0.39, 0.29) is 47.4 Å². The Morgan fingerprint density at radius 1 is 1.00 bits per heavy atom. The number of halogens is 1. The van der Waals surface area contributed by atoms with E-state index in [0.29, 0.717) is 0 Å². The van der Waals surface area contributed by atoms with Gasteiger partial charge in [-0.05, 0) is 42.5 Å². The number of hydrogen-bond donors (Lipinski definition) is 0. The third kappa shape index (κ3) is 3.43. The molecular weight excluding hydrogens is 409 g/mol. The van der Waals surface area contributed by atoms with Gasteiger partial charge in [0, 0.05) is 19.3 Å². The van der Waals surface area contributed by atoms with E-state index in [2.05, 4.69) is 5.01 Å². The Balaban J connectivity index is 1.59. The standard InChI is InChI=1S/C25H24FN3O3/c1-27-22-9-5-8-20(18-10-12-19(26)13-11-18)29(22)28-15-14-21(30)24(23(28)25(27)31)32-16-17-6-3-2-4-7-17/h2-4,6-7,10-15,20,22H,5,8-9,16H2,1H3. The Hall–Kier alpha value is -3.61. The monoisotopic (exact) mass is 433 g/mol. The number of amides is 1. The average Bonchev–Trinajstić information content (AvgIpc) is 2.82. The topological polar surface area (TPSA) is 54.8 Å². The summed E-state index contributed by atoms with van der Waals surface area (Å²) < 4.78 is 21.2. The van der Waals surface area contributed by atoms with E-state index in [1.165, 1.54) is 18.2 Å². The largest absolute Gasteiger partial charge is 0.482 e. The number of fused-ring (bicyclic) bond motifs is 3. The van der Waals surface area contributed by atoms with E-state index >= 15 is 0 Å². The normalized spacial score (nSPS) is 20.0. The number of carbonyl (C=O) groups excluding carboxylic acids is 1.